The van der Waals surface area contributed by atoms with Crippen LogP contribution in [-0.4, -0.2) is 70.4 Å². The summed E-state index contributed by atoms with van der Waals surface area (Å²) >= 11 is 0. The maximum absolute atomic E-state index is 14.9. The van der Waals surface area contributed by atoms with Gasteiger partial charge in [0.1, 0.15) is 30.4 Å². The Kier molecular flexibility index (Phi) is 5.42. The fourth-order valence-corrected chi connectivity index (χ4v) is 3.71. The molecule has 4 atom stereocenters. The number of nitrogens with one attached hydrogen (secondary N) is 1. The van der Waals surface area contributed by atoms with Crippen molar-refractivity contribution in [1.82, 2.24) is 9.55 Å². The van der Waals surface area contributed by atoms with Crippen LogP contribution in [0.5, 0.6) is 5.75 Å². The van der Waals surface area contributed by atoms with Gasteiger partial charge in [-0.25, -0.2) is 9.18 Å². The fourth-order valence-electron chi connectivity index (χ4n) is 3.71. The van der Waals surface area contributed by atoms with E-state index >= 15 is 0 Å². The Hall–Kier alpha value is -3.02. The number of nitrogens with zero attached hydrogens (tertiary/aromatic N) is 3. The van der Waals surface area contributed by atoms with Crippen LogP contribution in [0, 0.1) is 0 Å². The molecule has 0 saturated carbocycles. The van der Waals surface area contributed by atoms with E-state index in [0.29, 0.717) is 17.9 Å². The van der Waals surface area contributed by atoms with E-state index in [4.69, 9.17) is 9.47 Å². The molecule has 1 aromatic carbocycles. The van der Waals surface area contributed by atoms with Crippen molar-refractivity contribution < 1.29 is 28.9 Å². The highest BCUT2D eigenvalue weighted by atomic mass is 19.1. The molecule has 11 heteroatoms. The minimum atomic E-state index is -2.32. The Morgan fingerprint density at radius 2 is 2.19 bits per heavy atom. The van der Waals surface area contributed by atoms with Crippen molar-refractivity contribution in [2.45, 2.75) is 31.0 Å². The van der Waals surface area contributed by atoms with Gasteiger partial charge in [-0.15, -0.1) is 0 Å². The molecule has 3 heterocycles. The quantitative estimate of drug-likeness (QED) is 0.628. The van der Waals surface area contributed by atoms with Gasteiger partial charge in [0.05, 0.1) is 18.8 Å². The van der Waals surface area contributed by atoms with Gasteiger partial charge < -0.3 is 29.9 Å². The summed E-state index contributed by atoms with van der Waals surface area (Å²) in [4.78, 5) is 30.8. The highest BCUT2D eigenvalue weighted by Gasteiger charge is 2.55. The normalized spacial score (nSPS) is 27.5. The van der Waals surface area contributed by atoms with Crippen LogP contribution in [-0.2, 0) is 4.74 Å². The Labute approximate surface area is 176 Å². The first-order valence-corrected chi connectivity index (χ1v) is 9.74. The molecule has 0 aliphatic carbocycles. The van der Waals surface area contributed by atoms with Gasteiger partial charge in [-0.3, -0.25) is 9.36 Å². The zero-order valence-corrected chi connectivity index (χ0v) is 17.0. The third-order valence-corrected chi connectivity index (χ3v) is 5.54. The predicted octanol–water partition coefficient (Wildman–Crippen LogP) is 0.303. The number of likely N-dealkylation sites (N-methyl/N-ethyl adjacent to an activating group) is 1. The van der Waals surface area contributed by atoms with Gasteiger partial charge in [0, 0.05) is 18.8 Å². The average molecular weight is 434 g/mol. The number of hydrogen-bond acceptors (Lipinski definition) is 8. The second-order valence-corrected chi connectivity index (χ2v) is 7.71. The lowest BCUT2D eigenvalue weighted by Crippen LogP contribution is -2.42. The summed E-state index contributed by atoms with van der Waals surface area (Å²) in [7, 11) is 1.93. The zero-order chi connectivity index (χ0) is 22.3. The number of amides is 1. The second kappa shape index (κ2) is 7.91. The molecule has 4 rings (SSSR count). The molecule has 1 fully saturated rings. The standard InChI is InChI=1S/C20H23FN4O6/c1-20(21)16(27)14(10-26)31-18(20)25-6-5-15(23-19(25)29)22-17(28)11-3-4-12-13(9-11)30-8-7-24(12)2/h3-6,9,14,16,18,26-27H,7-8,10H2,1-2H3,(H,22,23,28,29)/t14-,16-,18?,20?/m1/s1. The third kappa shape index (κ3) is 3.75. The molecule has 0 bridgehead atoms. The fraction of sp³-hybridized carbons (Fsp3) is 0.450. The van der Waals surface area contributed by atoms with E-state index in [0.717, 1.165) is 23.7 Å². The number of halogens is 1. The van der Waals surface area contributed by atoms with E-state index in [-0.39, 0.29) is 5.82 Å². The van der Waals surface area contributed by atoms with Crippen molar-refractivity contribution in [3.63, 3.8) is 0 Å². The molecule has 2 aliphatic rings. The lowest BCUT2D eigenvalue weighted by atomic mass is 9.98. The zero-order valence-electron chi connectivity index (χ0n) is 17.0. The number of rotatable bonds is 4. The molecule has 31 heavy (non-hydrogen) atoms. The highest BCUT2D eigenvalue weighted by Crippen LogP contribution is 2.40. The van der Waals surface area contributed by atoms with Crippen LogP contribution in [0.4, 0.5) is 15.9 Å². The van der Waals surface area contributed by atoms with Crippen molar-refractivity contribution in [2.24, 2.45) is 0 Å². The van der Waals surface area contributed by atoms with Crippen molar-refractivity contribution in [1.29, 1.82) is 0 Å². The number of benzene rings is 1. The van der Waals surface area contributed by atoms with Crippen molar-refractivity contribution >= 4 is 17.4 Å². The van der Waals surface area contributed by atoms with E-state index in [1.54, 1.807) is 18.2 Å². The number of carbonyl (C=O) groups excluding carboxylic acids is 1. The molecule has 3 N–H and O–H groups in total. The summed E-state index contributed by atoms with van der Waals surface area (Å²) in [5.41, 5.74) is -2.00. The van der Waals surface area contributed by atoms with Crippen LogP contribution in [0.2, 0.25) is 0 Å². The number of anilines is 2. The maximum atomic E-state index is 14.9. The molecule has 1 amide bonds. The number of hydrogen-bond donors (Lipinski definition) is 3. The van der Waals surface area contributed by atoms with Crippen LogP contribution in [0.3, 0.4) is 0 Å². The first-order valence-electron chi connectivity index (χ1n) is 9.74. The maximum Gasteiger partial charge on any atom is 0.351 e. The molecule has 2 unspecified atom stereocenters. The summed E-state index contributed by atoms with van der Waals surface area (Å²) < 4.78 is 26.7. The highest BCUT2D eigenvalue weighted by molar-refractivity contribution is 6.04. The largest absolute Gasteiger partial charge is 0.490 e. The van der Waals surface area contributed by atoms with E-state index in [2.05, 4.69) is 10.3 Å². The lowest BCUT2D eigenvalue weighted by molar-refractivity contribution is -0.0610. The van der Waals surface area contributed by atoms with Gasteiger partial charge in [-0.1, -0.05) is 0 Å². The van der Waals surface area contributed by atoms with Gasteiger partial charge in [0.25, 0.3) is 5.91 Å². The van der Waals surface area contributed by atoms with Gasteiger partial charge >= 0.3 is 5.69 Å². The third-order valence-electron chi connectivity index (χ3n) is 5.54. The van der Waals surface area contributed by atoms with E-state index in [1.807, 2.05) is 11.9 Å². The van der Waals surface area contributed by atoms with E-state index < -0.39 is 42.3 Å². The van der Waals surface area contributed by atoms with E-state index in [9.17, 15) is 24.2 Å². The minimum Gasteiger partial charge on any atom is -0.490 e. The first kappa shape index (κ1) is 21.2. The molecule has 2 aliphatic heterocycles. The van der Waals surface area contributed by atoms with Crippen LogP contribution in [0.1, 0.15) is 23.5 Å². The van der Waals surface area contributed by atoms with Crippen LogP contribution in [0.25, 0.3) is 0 Å². The van der Waals surface area contributed by atoms with Gasteiger partial charge in [-0.05, 0) is 31.2 Å². The summed E-state index contributed by atoms with van der Waals surface area (Å²) in [6.45, 7) is 1.73. The second-order valence-electron chi connectivity index (χ2n) is 7.71. The molecule has 0 radical (unpaired) electrons. The monoisotopic (exact) mass is 434 g/mol. The number of aliphatic hydroxyl groups is 2. The van der Waals surface area contributed by atoms with Crippen LogP contribution >= 0.6 is 0 Å². The number of alkyl halides is 1. The Bertz CT molecular complexity index is 1060. The summed E-state index contributed by atoms with van der Waals surface area (Å²) in [5, 5.41) is 21.7. The molecule has 0 spiro atoms. The Morgan fingerprint density at radius 3 is 2.87 bits per heavy atom. The molecular weight excluding hydrogens is 411 g/mol. The van der Waals surface area contributed by atoms with Gasteiger partial charge in [0.2, 0.25) is 0 Å². The lowest BCUT2D eigenvalue weighted by Gasteiger charge is -2.27. The summed E-state index contributed by atoms with van der Waals surface area (Å²) in [5.74, 6) is 0.0645. The SMILES string of the molecule is CN1CCOc2cc(C(=O)Nc3ccn(C4O[C@H](CO)[C@@H](O)C4(C)F)c(=O)n3)ccc21. The molecule has 1 saturated heterocycles. The van der Waals surface area contributed by atoms with Crippen molar-refractivity contribution in [3.05, 3.63) is 46.5 Å². The summed E-state index contributed by atoms with van der Waals surface area (Å²) in [6.07, 6.45) is -3.04. The summed E-state index contributed by atoms with van der Waals surface area (Å²) in [6, 6.07) is 6.34. The Balaban J connectivity index is 1.53. The number of aliphatic hydroxyl groups excluding tert-OH is 2. The molecule has 10 nitrogen and oxygen atoms in total. The van der Waals surface area contributed by atoms with Gasteiger partial charge in [0.15, 0.2) is 11.9 Å². The van der Waals surface area contributed by atoms with Crippen molar-refractivity contribution in [3.8, 4) is 5.75 Å². The Morgan fingerprint density at radius 1 is 1.42 bits per heavy atom. The van der Waals surface area contributed by atoms with Crippen LogP contribution < -0.4 is 20.6 Å². The van der Waals surface area contributed by atoms with Crippen LogP contribution in [0.15, 0.2) is 35.3 Å². The average Bonchev–Trinajstić information content (AvgIpc) is 2.97. The number of ether oxygens (including phenoxy) is 2. The number of fused-ring (bicyclic) bond motifs is 1. The number of carbonyl (C=O) groups is 1. The first-order chi connectivity index (χ1) is 14.7. The minimum absolute atomic E-state index is 0.0279. The molecular formula is C20H23FN4O6. The van der Waals surface area contributed by atoms with Crippen molar-refractivity contribution in [2.75, 3.05) is 37.0 Å². The molecule has 166 valence electrons. The van der Waals surface area contributed by atoms with E-state index in [1.165, 1.54) is 12.3 Å². The topological polar surface area (TPSA) is 126 Å². The smallest absolute Gasteiger partial charge is 0.351 e. The molecule has 2 aromatic rings. The number of aromatic nitrogens is 2. The van der Waals surface area contributed by atoms with Gasteiger partial charge in [-0.2, -0.15) is 4.98 Å². The predicted molar refractivity (Wildman–Crippen MR) is 108 cm³/mol. The molecule has 1 aromatic heterocycles.